The largest absolute Gasteiger partial charge is 0.354 e. The molecular formula is C30H32N6O. The molecule has 0 saturated carbocycles. The molecule has 1 aliphatic rings. The predicted octanol–water partition coefficient (Wildman–Crippen LogP) is 5.78. The number of nitrogens with one attached hydrogen (secondary N) is 2. The Balaban J connectivity index is 1.44. The summed E-state index contributed by atoms with van der Waals surface area (Å²) in [6, 6.07) is 24.1. The molecule has 1 unspecified atom stereocenters. The van der Waals surface area contributed by atoms with Gasteiger partial charge < -0.3 is 10.6 Å². The number of nitrogens with zero attached hydrogens (tertiary/aromatic N) is 4. The van der Waals surface area contributed by atoms with Crippen LogP contribution in [-0.2, 0) is 13.1 Å². The van der Waals surface area contributed by atoms with Crippen molar-refractivity contribution in [3.8, 4) is 11.1 Å². The summed E-state index contributed by atoms with van der Waals surface area (Å²) in [6.45, 7) is 4.02. The van der Waals surface area contributed by atoms with E-state index in [0.717, 1.165) is 48.6 Å². The van der Waals surface area contributed by atoms with E-state index in [1.54, 1.807) is 13.1 Å². The molecule has 2 aromatic heterocycles. The number of pyridine rings is 1. The maximum absolute atomic E-state index is 12.1. The molecule has 3 heterocycles. The second kappa shape index (κ2) is 11.8. The molecule has 37 heavy (non-hydrogen) atoms. The van der Waals surface area contributed by atoms with E-state index in [9.17, 15) is 4.79 Å². The number of carbonyl (C=O) groups excluding carboxylic acids is 1. The smallest absolute Gasteiger partial charge is 0.224 e. The van der Waals surface area contributed by atoms with Gasteiger partial charge in [-0.15, -0.1) is 0 Å². The van der Waals surface area contributed by atoms with Gasteiger partial charge in [-0.3, -0.25) is 14.7 Å². The molecule has 0 aliphatic carbocycles. The minimum atomic E-state index is 0.0345. The van der Waals surface area contributed by atoms with Crippen molar-refractivity contribution in [2.24, 2.45) is 0 Å². The molecular weight excluding hydrogens is 460 g/mol. The molecule has 5 rings (SSSR count). The van der Waals surface area contributed by atoms with Gasteiger partial charge in [0, 0.05) is 36.6 Å². The van der Waals surface area contributed by atoms with Crippen LogP contribution in [0.4, 0.5) is 11.8 Å². The minimum Gasteiger partial charge on any atom is -0.354 e. The molecule has 0 spiro atoms. The molecule has 1 aliphatic heterocycles. The average Bonchev–Trinajstić information content (AvgIpc) is 2.94. The molecule has 2 N–H and O–H groups in total. The number of Topliss-reactive ketones (excluding diaryl/α,β-unsaturated/α-hetero) is 1. The third kappa shape index (κ3) is 6.37. The zero-order chi connectivity index (χ0) is 25.5. The second-order valence-corrected chi connectivity index (χ2v) is 9.38. The highest BCUT2D eigenvalue weighted by molar-refractivity contribution is 5.95. The molecule has 7 nitrogen and oxygen atoms in total. The maximum atomic E-state index is 12.1. The topological polar surface area (TPSA) is 83.0 Å². The van der Waals surface area contributed by atoms with Gasteiger partial charge in [-0.1, -0.05) is 54.6 Å². The van der Waals surface area contributed by atoms with E-state index < -0.39 is 0 Å². The molecule has 1 saturated heterocycles. The Morgan fingerprint density at radius 2 is 1.86 bits per heavy atom. The zero-order valence-corrected chi connectivity index (χ0v) is 21.1. The average molecular weight is 493 g/mol. The van der Waals surface area contributed by atoms with Crippen LogP contribution in [0.5, 0.6) is 0 Å². The second-order valence-electron chi connectivity index (χ2n) is 9.38. The number of piperidine rings is 1. The van der Waals surface area contributed by atoms with Gasteiger partial charge in [-0.25, -0.2) is 4.98 Å². The molecule has 0 radical (unpaired) electrons. The predicted molar refractivity (Wildman–Crippen MR) is 147 cm³/mol. The van der Waals surface area contributed by atoms with Gasteiger partial charge in [-0.2, -0.15) is 4.98 Å². The summed E-state index contributed by atoms with van der Waals surface area (Å²) >= 11 is 0. The number of anilines is 2. The highest BCUT2D eigenvalue weighted by Crippen LogP contribution is 2.30. The van der Waals surface area contributed by atoms with Crippen molar-refractivity contribution in [1.29, 1.82) is 0 Å². The number of hydrogen-bond acceptors (Lipinski definition) is 7. The summed E-state index contributed by atoms with van der Waals surface area (Å²) < 4.78 is 0. The van der Waals surface area contributed by atoms with Gasteiger partial charge in [0.1, 0.15) is 5.82 Å². The summed E-state index contributed by atoms with van der Waals surface area (Å²) in [5.74, 6) is 1.32. The van der Waals surface area contributed by atoms with Gasteiger partial charge in [0.2, 0.25) is 5.95 Å². The number of ketones is 1. The van der Waals surface area contributed by atoms with E-state index in [-0.39, 0.29) is 11.9 Å². The van der Waals surface area contributed by atoms with Gasteiger partial charge in [-0.05, 0) is 55.5 Å². The number of benzene rings is 2. The van der Waals surface area contributed by atoms with Crippen LogP contribution >= 0.6 is 0 Å². The number of carbonyl (C=O) groups is 1. The van der Waals surface area contributed by atoms with Crippen molar-refractivity contribution >= 4 is 17.5 Å². The van der Waals surface area contributed by atoms with Crippen LogP contribution in [0.1, 0.15) is 47.8 Å². The number of hydrogen-bond donors (Lipinski definition) is 2. The third-order valence-corrected chi connectivity index (χ3v) is 6.67. The van der Waals surface area contributed by atoms with E-state index >= 15 is 0 Å². The van der Waals surface area contributed by atoms with E-state index in [2.05, 4.69) is 55.8 Å². The molecule has 7 heteroatoms. The van der Waals surface area contributed by atoms with Crippen molar-refractivity contribution in [2.45, 2.75) is 45.4 Å². The summed E-state index contributed by atoms with van der Waals surface area (Å²) in [5.41, 5.74) is 4.67. The van der Waals surface area contributed by atoms with E-state index in [1.807, 2.05) is 48.7 Å². The summed E-state index contributed by atoms with van der Waals surface area (Å²) in [5, 5.41) is 7.05. The Bertz CT molecular complexity index is 1330. The van der Waals surface area contributed by atoms with Crippen LogP contribution in [0.25, 0.3) is 11.1 Å². The fourth-order valence-corrected chi connectivity index (χ4v) is 4.69. The van der Waals surface area contributed by atoms with Gasteiger partial charge in [0.15, 0.2) is 5.78 Å². The normalized spacial score (nSPS) is 15.8. The maximum Gasteiger partial charge on any atom is 0.224 e. The van der Waals surface area contributed by atoms with Crippen molar-refractivity contribution < 1.29 is 4.79 Å². The van der Waals surface area contributed by atoms with Crippen LogP contribution in [0.15, 0.2) is 85.2 Å². The molecule has 188 valence electrons. The summed E-state index contributed by atoms with van der Waals surface area (Å²) in [7, 11) is 0. The lowest BCUT2D eigenvalue weighted by Crippen LogP contribution is -2.44. The Morgan fingerprint density at radius 3 is 2.68 bits per heavy atom. The van der Waals surface area contributed by atoms with E-state index in [1.165, 1.54) is 12.0 Å². The van der Waals surface area contributed by atoms with Crippen LogP contribution in [0.3, 0.4) is 0 Å². The van der Waals surface area contributed by atoms with Gasteiger partial charge in [0.25, 0.3) is 0 Å². The SMILES string of the molecule is CC(=O)c1cccc(-c2cnc(NCc3ccccn3)nc2NC2CCCCN2Cc2ccccc2)c1. The van der Waals surface area contributed by atoms with Crippen LogP contribution < -0.4 is 10.6 Å². The van der Waals surface area contributed by atoms with Gasteiger partial charge >= 0.3 is 0 Å². The highest BCUT2D eigenvalue weighted by atomic mass is 16.1. The lowest BCUT2D eigenvalue weighted by molar-refractivity contribution is 0.101. The highest BCUT2D eigenvalue weighted by Gasteiger charge is 2.24. The Labute approximate surface area is 218 Å². The lowest BCUT2D eigenvalue weighted by Gasteiger charge is -2.36. The Kier molecular flexibility index (Phi) is 7.81. The van der Waals surface area contributed by atoms with Gasteiger partial charge in [0.05, 0.1) is 18.4 Å². The monoisotopic (exact) mass is 492 g/mol. The third-order valence-electron chi connectivity index (χ3n) is 6.67. The van der Waals surface area contributed by atoms with Crippen molar-refractivity contribution in [3.05, 3.63) is 102 Å². The van der Waals surface area contributed by atoms with E-state index in [0.29, 0.717) is 18.1 Å². The van der Waals surface area contributed by atoms with Crippen LogP contribution in [-0.4, -0.2) is 38.3 Å². The number of likely N-dealkylation sites (tertiary alicyclic amines) is 1. The summed E-state index contributed by atoms with van der Waals surface area (Å²) in [6.07, 6.45) is 7.12. The van der Waals surface area contributed by atoms with Crippen LogP contribution in [0, 0.1) is 0 Å². The van der Waals surface area contributed by atoms with Crippen molar-refractivity contribution in [3.63, 3.8) is 0 Å². The zero-order valence-electron chi connectivity index (χ0n) is 21.1. The van der Waals surface area contributed by atoms with Crippen molar-refractivity contribution in [1.82, 2.24) is 19.9 Å². The quantitative estimate of drug-likeness (QED) is 0.287. The fourth-order valence-electron chi connectivity index (χ4n) is 4.69. The Hall–Kier alpha value is -4.10. The van der Waals surface area contributed by atoms with E-state index in [4.69, 9.17) is 4.98 Å². The molecule has 1 fully saturated rings. The molecule has 1 atom stereocenters. The first-order valence-corrected chi connectivity index (χ1v) is 12.8. The lowest BCUT2D eigenvalue weighted by atomic mass is 10.0. The van der Waals surface area contributed by atoms with Crippen LogP contribution in [0.2, 0.25) is 0 Å². The molecule has 4 aromatic rings. The minimum absolute atomic E-state index is 0.0345. The molecule has 0 amide bonds. The first-order valence-electron chi connectivity index (χ1n) is 12.8. The molecule has 0 bridgehead atoms. The first kappa shape index (κ1) is 24.6. The molecule has 2 aromatic carbocycles. The fraction of sp³-hybridized carbons (Fsp3) is 0.267. The first-order chi connectivity index (χ1) is 18.2. The number of aromatic nitrogens is 3. The van der Waals surface area contributed by atoms with Crippen molar-refractivity contribution in [2.75, 3.05) is 17.2 Å². The Morgan fingerprint density at radius 1 is 1.00 bits per heavy atom. The number of rotatable bonds is 9. The standard InChI is InChI=1S/C30H32N6O/c1-22(37)24-12-9-13-25(18-24)27-20-33-30(32-19-26-14-5-7-16-31-26)35-29(27)34-28-15-6-8-17-36(28)21-23-10-3-2-4-11-23/h2-5,7,9-14,16,18,20,28H,6,8,15,17,19,21H2,1H3,(H2,32,33,34,35). The summed E-state index contributed by atoms with van der Waals surface area (Å²) in [4.78, 5) is 28.4.